The number of carbonyl (C=O) groups excluding carboxylic acids is 2. The fourth-order valence-corrected chi connectivity index (χ4v) is 5.90. The lowest BCUT2D eigenvalue weighted by atomic mass is 9.96. The average Bonchev–Trinajstić information content (AvgIpc) is 3.68. The van der Waals surface area contributed by atoms with Crippen molar-refractivity contribution in [3.63, 3.8) is 0 Å². The summed E-state index contributed by atoms with van der Waals surface area (Å²) < 4.78 is 21.5. The summed E-state index contributed by atoms with van der Waals surface area (Å²) >= 11 is 1.67. The Hall–Kier alpha value is -5.55. The van der Waals surface area contributed by atoms with Crippen LogP contribution in [0.3, 0.4) is 0 Å². The molecule has 6 aromatic rings. The summed E-state index contributed by atoms with van der Waals surface area (Å²) in [6.07, 6.45) is -0.263. The number of esters is 1. The van der Waals surface area contributed by atoms with E-state index >= 15 is 0 Å². The molecule has 0 aliphatic carbocycles. The van der Waals surface area contributed by atoms with Gasteiger partial charge in [-0.15, -0.1) is 0 Å². The largest absolute Gasteiger partial charge is 0.485 e. The molecule has 47 heavy (non-hydrogen) atoms. The maximum Gasteiger partial charge on any atom is 0.413 e. The molecule has 7 rings (SSSR count). The SMILES string of the molecule is CC(C)(OC(=O)c1ccccc1)C1Cc2cc3ccc(=O)oc3cc2O1.COC(=O)Nc1nc2ccc(Sc3ccccc3)cc2[nH]1. The molecule has 238 valence electrons. The molecule has 0 saturated heterocycles. The van der Waals surface area contributed by atoms with Crippen LogP contribution in [0.2, 0.25) is 0 Å². The van der Waals surface area contributed by atoms with E-state index in [9.17, 15) is 14.4 Å². The molecule has 1 unspecified atom stereocenters. The Morgan fingerprint density at radius 2 is 1.68 bits per heavy atom. The van der Waals surface area contributed by atoms with E-state index in [-0.39, 0.29) is 12.1 Å². The lowest BCUT2D eigenvalue weighted by Crippen LogP contribution is -2.43. The number of carbonyl (C=O) groups is 2. The second kappa shape index (κ2) is 13.4. The molecular weight excluding hydrogens is 618 g/mol. The van der Waals surface area contributed by atoms with Gasteiger partial charge in [-0.2, -0.15) is 0 Å². The Bertz CT molecular complexity index is 2110. The fourth-order valence-electron chi connectivity index (χ4n) is 5.02. The van der Waals surface area contributed by atoms with Crippen molar-refractivity contribution in [1.82, 2.24) is 9.97 Å². The molecule has 11 heteroatoms. The number of fused-ring (bicyclic) bond motifs is 3. The zero-order chi connectivity index (χ0) is 33.0. The molecular formula is C36H31N3O7S. The number of imidazole rings is 1. The van der Waals surface area contributed by atoms with Crippen LogP contribution in [0.5, 0.6) is 5.75 Å². The number of hydrogen-bond donors (Lipinski definition) is 2. The highest BCUT2D eigenvalue weighted by Crippen LogP contribution is 2.37. The Kier molecular flexibility index (Phi) is 8.99. The third kappa shape index (κ3) is 7.47. The predicted molar refractivity (Wildman–Crippen MR) is 179 cm³/mol. The summed E-state index contributed by atoms with van der Waals surface area (Å²) in [6, 6.07) is 31.7. The summed E-state index contributed by atoms with van der Waals surface area (Å²) in [5, 5.41) is 3.36. The minimum Gasteiger partial charge on any atom is -0.485 e. The van der Waals surface area contributed by atoms with Gasteiger partial charge >= 0.3 is 17.7 Å². The molecule has 0 saturated carbocycles. The van der Waals surface area contributed by atoms with Gasteiger partial charge in [0.2, 0.25) is 5.95 Å². The number of nitrogens with zero attached hydrogens (tertiary/aromatic N) is 1. The van der Waals surface area contributed by atoms with Gasteiger partial charge in [0.15, 0.2) is 0 Å². The molecule has 1 aliphatic rings. The van der Waals surface area contributed by atoms with Crippen molar-refractivity contribution in [2.24, 2.45) is 0 Å². The molecule has 2 aromatic heterocycles. The van der Waals surface area contributed by atoms with Crippen LogP contribution < -0.4 is 15.7 Å². The summed E-state index contributed by atoms with van der Waals surface area (Å²) in [5.41, 5.74) is 2.42. The van der Waals surface area contributed by atoms with Crippen molar-refractivity contribution < 1.29 is 28.2 Å². The van der Waals surface area contributed by atoms with Crippen LogP contribution in [0.15, 0.2) is 122 Å². The van der Waals surface area contributed by atoms with Crippen LogP contribution in [0.25, 0.3) is 22.0 Å². The number of anilines is 1. The number of methoxy groups -OCH3 is 1. The number of ether oxygens (including phenoxy) is 3. The smallest absolute Gasteiger partial charge is 0.413 e. The highest BCUT2D eigenvalue weighted by Gasteiger charge is 2.40. The van der Waals surface area contributed by atoms with E-state index in [1.165, 1.54) is 18.1 Å². The van der Waals surface area contributed by atoms with Crippen molar-refractivity contribution in [3.05, 3.63) is 125 Å². The zero-order valence-electron chi connectivity index (χ0n) is 25.8. The van der Waals surface area contributed by atoms with Gasteiger partial charge in [-0.3, -0.25) is 5.32 Å². The molecule has 2 N–H and O–H groups in total. The first-order valence-electron chi connectivity index (χ1n) is 14.8. The van der Waals surface area contributed by atoms with Gasteiger partial charge < -0.3 is 23.6 Å². The van der Waals surface area contributed by atoms with E-state index in [0.717, 1.165) is 26.9 Å². The maximum atomic E-state index is 12.4. The number of rotatable bonds is 6. The molecule has 3 heterocycles. The summed E-state index contributed by atoms with van der Waals surface area (Å²) in [7, 11) is 1.31. The highest BCUT2D eigenvalue weighted by molar-refractivity contribution is 7.99. The van der Waals surface area contributed by atoms with E-state index in [2.05, 4.69) is 32.2 Å². The van der Waals surface area contributed by atoms with Crippen LogP contribution >= 0.6 is 11.8 Å². The second-order valence-corrected chi connectivity index (χ2v) is 12.4. The molecule has 4 aromatic carbocycles. The third-order valence-corrected chi connectivity index (χ3v) is 8.45. The van der Waals surface area contributed by atoms with Gasteiger partial charge in [0.05, 0.1) is 23.7 Å². The molecule has 0 radical (unpaired) electrons. The number of aromatic amines is 1. The number of hydrogen-bond acceptors (Lipinski definition) is 9. The monoisotopic (exact) mass is 649 g/mol. The van der Waals surface area contributed by atoms with Crippen LogP contribution in [0.4, 0.5) is 10.7 Å². The van der Waals surface area contributed by atoms with Gasteiger partial charge in [-0.05, 0) is 74.0 Å². The first kappa shape index (κ1) is 31.4. The average molecular weight is 650 g/mol. The van der Waals surface area contributed by atoms with Crippen LogP contribution in [0, 0.1) is 0 Å². The lowest BCUT2D eigenvalue weighted by molar-refractivity contribution is -0.0517. The van der Waals surface area contributed by atoms with E-state index in [0.29, 0.717) is 29.3 Å². The Labute approximate surface area is 274 Å². The van der Waals surface area contributed by atoms with E-state index in [4.69, 9.17) is 13.9 Å². The molecule has 1 atom stereocenters. The Balaban J connectivity index is 0.000000168. The zero-order valence-corrected chi connectivity index (χ0v) is 26.6. The van der Waals surface area contributed by atoms with Gasteiger partial charge in [-0.1, -0.05) is 48.2 Å². The van der Waals surface area contributed by atoms with Crippen molar-refractivity contribution in [2.45, 2.75) is 41.8 Å². The minimum atomic E-state index is -0.820. The number of H-pyrrole nitrogens is 1. The fraction of sp³-hybridized carbons (Fsp3) is 0.167. The molecule has 0 bridgehead atoms. The van der Waals surface area contributed by atoms with Crippen molar-refractivity contribution in [1.29, 1.82) is 0 Å². The predicted octanol–water partition coefficient (Wildman–Crippen LogP) is 7.62. The molecule has 1 aliphatic heterocycles. The number of aromatic nitrogens is 2. The molecule has 1 amide bonds. The topological polar surface area (TPSA) is 133 Å². The van der Waals surface area contributed by atoms with Crippen molar-refractivity contribution >= 4 is 51.8 Å². The maximum absolute atomic E-state index is 12.4. The number of amides is 1. The Morgan fingerprint density at radius 3 is 2.43 bits per heavy atom. The number of benzene rings is 4. The van der Waals surface area contributed by atoms with Gasteiger partial charge in [0.1, 0.15) is 23.0 Å². The summed E-state index contributed by atoms with van der Waals surface area (Å²) in [4.78, 5) is 44.5. The molecule has 0 fully saturated rings. The van der Waals surface area contributed by atoms with Crippen LogP contribution in [-0.2, 0) is 15.9 Å². The number of nitrogens with one attached hydrogen (secondary N) is 2. The van der Waals surface area contributed by atoms with Gasteiger partial charge in [0.25, 0.3) is 0 Å². The van der Waals surface area contributed by atoms with E-state index in [1.54, 1.807) is 48.2 Å². The van der Waals surface area contributed by atoms with Crippen molar-refractivity contribution in [3.8, 4) is 5.75 Å². The molecule has 10 nitrogen and oxygen atoms in total. The van der Waals surface area contributed by atoms with Crippen molar-refractivity contribution in [2.75, 3.05) is 12.4 Å². The first-order chi connectivity index (χ1) is 22.7. The van der Waals surface area contributed by atoms with Gasteiger partial charge in [-0.25, -0.2) is 19.4 Å². The Morgan fingerprint density at radius 1 is 0.936 bits per heavy atom. The summed E-state index contributed by atoms with van der Waals surface area (Å²) in [5.74, 6) is 0.644. The van der Waals surface area contributed by atoms with Gasteiger partial charge in [0, 0.05) is 33.7 Å². The quantitative estimate of drug-likeness (QED) is 0.138. The summed E-state index contributed by atoms with van der Waals surface area (Å²) in [6.45, 7) is 3.68. The second-order valence-electron chi connectivity index (χ2n) is 11.2. The third-order valence-electron chi connectivity index (χ3n) is 7.46. The van der Waals surface area contributed by atoms with E-state index in [1.807, 2.05) is 62.4 Å². The van der Waals surface area contributed by atoms with Crippen LogP contribution in [-0.4, -0.2) is 40.8 Å². The van der Waals surface area contributed by atoms with E-state index < -0.39 is 17.3 Å². The van der Waals surface area contributed by atoms with Crippen LogP contribution in [0.1, 0.15) is 29.8 Å². The lowest BCUT2D eigenvalue weighted by Gasteiger charge is -2.30. The molecule has 0 spiro atoms. The standard InChI is InChI=1S/C21H18O5.C15H13N3O2S/c1-21(2,26-20(23)13-6-4-3-5-7-13)18-11-15-10-14-8-9-19(22)25-16(14)12-17(15)24-18;1-20-15(19)18-14-16-12-8-7-11(9-13(12)17-14)21-10-5-3-2-4-6-10/h3-10,12,18H,11H2,1-2H3;2-9H,1H3,(H2,16,17,18,19). The normalized spacial score (nSPS) is 13.6. The first-order valence-corrected chi connectivity index (χ1v) is 15.6. The highest BCUT2D eigenvalue weighted by atomic mass is 32.2. The minimum absolute atomic E-state index is 0.325.